The van der Waals surface area contributed by atoms with Gasteiger partial charge in [0.2, 0.25) is 0 Å². The van der Waals surface area contributed by atoms with Crippen molar-refractivity contribution in [3.8, 4) is 28.4 Å². The van der Waals surface area contributed by atoms with Crippen molar-refractivity contribution in [3.05, 3.63) is 89.2 Å². The molecule has 0 saturated heterocycles. The monoisotopic (exact) mass is 532 g/mol. The van der Waals surface area contributed by atoms with Crippen LogP contribution in [0.15, 0.2) is 93.6 Å². The maximum absolute atomic E-state index is 13.9. The topological polar surface area (TPSA) is 44.2 Å². The first-order chi connectivity index (χ1) is 15.8. The van der Waals surface area contributed by atoms with Crippen LogP contribution in [-0.2, 0) is 6.18 Å². The first-order valence-corrected chi connectivity index (χ1v) is 11.2. The quantitative estimate of drug-likeness (QED) is 0.236. The van der Waals surface area contributed by atoms with E-state index in [1.54, 1.807) is 60.9 Å². The number of hydrogen-bond donors (Lipinski definition) is 0. The van der Waals surface area contributed by atoms with Crippen LogP contribution in [0, 0.1) is 0 Å². The van der Waals surface area contributed by atoms with Gasteiger partial charge < -0.3 is 9.47 Å². The lowest BCUT2D eigenvalue weighted by Gasteiger charge is -2.17. The van der Waals surface area contributed by atoms with Crippen LogP contribution in [0.3, 0.4) is 0 Å². The van der Waals surface area contributed by atoms with Gasteiger partial charge in [-0.1, -0.05) is 30.3 Å². The van der Waals surface area contributed by atoms with Gasteiger partial charge in [0.05, 0.1) is 17.1 Å². The van der Waals surface area contributed by atoms with E-state index >= 15 is 0 Å². The molecule has 0 spiro atoms. The molecule has 168 valence electrons. The number of alkyl halides is 3. The van der Waals surface area contributed by atoms with Gasteiger partial charge in [0.1, 0.15) is 5.75 Å². The fraction of sp³-hybridized carbons (Fsp3) is 0.0833. The van der Waals surface area contributed by atoms with Crippen molar-refractivity contribution in [2.24, 2.45) is 0 Å². The molecule has 0 N–H and O–H groups in total. The molecular weight excluding hydrogens is 517 g/mol. The molecule has 0 bridgehead atoms. The molecule has 0 fully saturated rings. The van der Waals surface area contributed by atoms with Crippen LogP contribution in [0.2, 0.25) is 0 Å². The zero-order valence-electron chi connectivity index (χ0n) is 17.1. The van der Waals surface area contributed by atoms with Crippen LogP contribution in [0.25, 0.3) is 11.1 Å². The Morgan fingerprint density at radius 2 is 1.52 bits per heavy atom. The van der Waals surface area contributed by atoms with E-state index in [0.717, 1.165) is 6.07 Å². The minimum atomic E-state index is -4.55. The minimum Gasteiger partial charge on any atom is -0.493 e. The number of methoxy groups -OCH3 is 1. The summed E-state index contributed by atoms with van der Waals surface area (Å²) in [6.07, 6.45) is -1.38. The lowest BCUT2D eigenvalue weighted by Crippen LogP contribution is -2.07. The van der Waals surface area contributed by atoms with Crippen LogP contribution >= 0.6 is 27.7 Å². The van der Waals surface area contributed by atoms with Gasteiger partial charge in [-0.2, -0.15) is 13.2 Å². The summed E-state index contributed by atoms with van der Waals surface area (Å²) < 4.78 is 53.6. The summed E-state index contributed by atoms with van der Waals surface area (Å²) in [5.41, 5.74) is -0.374. The Morgan fingerprint density at radius 3 is 2.21 bits per heavy atom. The van der Waals surface area contributed by atoms with Gasteiger partial charge in [0.25, 0.3) is 0 Å². The van der Waals surface area contributed by atoms with E-state index in [4.69, 9.17) is 9.47 Å². The van der Waals surface area contributed by atoms with E-state index in [2.05, 4.69) is 25.9 Å². The first kappa shape index (κ1) is 23.1. The molecule has 0 aliphatic rings. The highest BCUT2D eigenvalue weighted by atomic mass is 79.9. The Kier molecular flexibility index (Phi) is 6.90. The van der Waals surface area contributed by atoms with Crippen molar-refractivity contribution in [3.63, 3.8) is 0 Å². The highest BCUT2D eigenvalue weighted by Crippen LogP contribution is 2.44. The molecule has 3 aromatic carbocycles. The summed E-state index contributed by atoms with van der Waals surface area (Å²) >= 11 is 4.46. The SMILES string of the molecule is COc1ccccc1Oc1ccc(C(F)(F)F)c(-c2ccccc2Sc2ncc(Br)cn2)c1. The number of para-hydroxylation sites is 2. The number of ether oxygens (including phenoxy) is 2. The minimum absolute atomic E-state index is 0.00453. The number of benzene rings is 3. The molecule has 0 unspecified atom stereocenters. The number of rotatable bonds is 6. The summed E-state index contributed by atoms with van der Waals surface area (Å²) in [6, 6.07) is 17.5. The Balaban J connectivity index is 1.79. The summed E-state index contributed by atoms with van der Waals surface area (Å²) in [5, 5.41) is 0.417. The molecule has 0 atom stereocenters. The molecule has 1 heterocycles. The first-order valence-electron chi connectivity index (χ1n) is 9.62. The van der Waals surface area contributed by atoms with E-state index < -0.39 is 11.7 Å². The number of halogens is 4. The summed E-state index contributed by atoms with van der Waals surface area (Å²) in [4.78, 5) is 9.02. The van der Waals surface area contributed by atoms with Gasteiger partial charge >= 0.3 is 6.18 Å². The van der Waals surface area contributed by atoms with Crippen molar-refractivity contribution in [2.45, 2.75) is 16.2 Å². The van der Waals surface area contributed by atoms with Crippen molar-refractivity contribution in [1.82, 2.24) is 9.97 Å². The van der Waals surface area contributed by atoms with Gasteiger partial charge in [-0.05, 0) is 75.2 Å². The average Bonchev–Trinajstić information content (AvgIpc) is 2.80. The Morgan fingerprint density at radius 1 is 0.848 bits per heavy atom. The van der Waals surface area contributed by atoms with Gasteiger partial charge in [0, 0.05) is 17.3 Å². The highest BCUT2D eigenvalue weighted by Gasteiger charge is 2.34. The molecule has 0 saturated carbocycles. The number of nitrogens with zero attached hydrogens (tertiary/aromatic N) is 2. The van der Waals surface area contributed by atoms with Crippen LogP contribution in [0.1, 0.15) is 5.56 Å². The van der Waals surface area contributed by atoms with E-state index in [-0.39, 0.29) is 11.3 Å². The Bertz CT molecular complexity index is 1270. The molecule has 0 amide bonds. The second-order valence-electron chi connectivity index (χ2n) is 6.74. The van der Waals surface area contributed by atoms with Crippen LogP contribution in [0.5, 0.6) is 17.2 Å². The zero-order valence-corrected chi connectivity index (χ0v) is 19.5. The Hall–Kier alpha value is -3.04. The van der Waals surface area contributed by atoms with Gasteiger partial charge in [0.15, 0.2) is 16.7 Å². The average molecular weight is 533 g/mol. The second kappa shape index (κ2) is 9.84. The number of hydrogen-bond acceptors (Lipinski definition) is 5. The van der Waals surface area contributed by atoms with Crippen molar-refractivity contribution in [1.29, 1.82) is 0 Å². The summed E-state index contributed by atoms with van der Waals surface area (Å²) in [6.45, 7) is 0. The molecule has 0 radical (unpaired) electrons. The van der Waals surface area contributed by atoms with Crippen molar-refractivity contribution in [2.75, 3.05) is 7.11 Å². The van der Waals surface area contributed by atoms with Crippen LogP contribution in [-0.4, -0.2) is 17.1 Å². The lowest BCUT2D eigenvalue weighted by atomic mass is 9.99. The molecule has 1 aromatic heterocycles. The van der Waals surface area contributed by atoms with Crippen molar-refractivity contribution < 1.29 is 22.6 Å². The van der Waals surface area contributed by atoms with Crippen LogP contribution < -0.4 is 9.47 Å². The third kappa shape index (κ3) is 5.48. The normalized spacial score (nSPS) is 11.3. The highest BCUT2D eigenvalue weighted by molar-refractivity contribution is 9.10. The largest absolute Gasteiger partial charge is 0.493 e. The summed E-state index contributed by atoms with van der Waals surface area (Å²) in [7, 11) is 1.50. The smallest absolute Gasteiger partial charge is 0.417 e. The molecule has 4 rings (SSSR count). The predicted molar refractivity (Wildman–Crippen MR) is 124 cm³/mol. The Labute approximate surface area is 200 Å². The molecule has 0 aliphatic heterocycles. The molecule has 0 aliphatic carbocycles. The van der Waals surface area contributed by atoms with Gasteiger partial charge in [-0.25, -0.2) is 9.97 Å². The fourth-order valence-electron chi connectivity index (χ4n) is 3.12. The van der Waals surface area contributed by atoms with Gasteiger partial charge in [-0.3, -0.25) is 0 Å². The third-order valence-corrected chi connectivity index (χ3v) is 5.95. The fourth-order valence-corrected chi connectivity index (χ4v) is 4.16. The molecule has 9 heteroatoms. The standard InChI is InChI=1S/C24H16BrF3N2O2S/c1-31-20-7-3-4-8-21(20)32-16-10-11-19(24(26,27)28)18(12-16)17-6-2-5-9-22(17)33-23-29-13-15(25)14-30-23/h2-14H,1H3. The molecule has 4 aromatic rings. The van der Waals surface area contributed by atoms with Gasteiger partial charge in [-0.15, -0.1) is 0 Å². The molecule has 33 heavy (non-hydrogen) atoms. The van der Waals surface area contributed by atoms with Crippen molar-refractivity contribution >= 4 is 27.7 Å². The zero-order chi connectivity index (χ0) is 23.4. The van der Waals surface area contributed by atoms with Crippen LogP contribution in [0.4, 0.5) is 13.2 Å². The maximum Gasteiger partial charge on any atom is 0.417 e. The summed E-state index contributed by atoms with van der Waals surface area (Å²) in [5.74, 6) is 1.13. The third-order valence-electron chi connectivity index (χ3n) is 4.57. The maximum atomic E-state index is 13.9. The van der Waals surface area contributed by atoms with E-state index in [9.17, 15) is 13.2 Å². The second-order valence-corrected chi connectivity index (χ2v) is 8.66. The number of aromatic nitrogens is 2. The molecular formula is C24H16BrF3N2O2S. The van der Waals surface area contributed by atoms with E-state index in [0.29, 0.717) is 31.6 Å². The van der Waals surface area contributed by atoms with E-state index in [1.807, 2.05) is 0 Å². The predicted octanol–water partition coefficient (Wildman–Crippen LogP) is 7.88. The van der Waals surface area contributed by atoms with E-state index in [1.165, 1.54) is 31.0 Å². The molecule has 4 nitrogen and oxygen atoms in total. The lowest BCUT2D eigenvalue weighted by molar-refractivity contribution is -0.137.